The number of rotatable bonds is 2. The lowest BCUT2D eigenvalue weighted by atomic mass is 9.46. The lowest BCUT2D eigenvalue weighted by Gasteiger charge is -2.64. The molecule has 108 valence electrons. The summed E-state index contributed by atoms with van der Waals surface area (Å²) in [6.45, 7) is 4.69. The average Bonchev–Trinajstić information content (AvgIpc) is 2.47. The Morgan fingerprint density at radius 2 is 2.30 bits per heavy atom. The van der Waals surface area contributed by atoms with Gasteiger partial charge in [-0.05, 0) is 12.8 Å². The van der Waals surface area contributed by atoms with Crippen molar-refractivity contribution in [3.05, 3.63) is 12.4 Å². The molecule has 2 heterocycles. The van der Waals surface area contributed by atoms with Gasteiger partial charge in [0.2, 0.25) is 11.9 Å². The summed E-state index contributed by atoms with van der Waals surface area (Å²) in [5.41, 5.74) is 5.09. The van der Waals surface area contributed by atoms with Crippen LogP contribution in [0, 0.1) is 11.3 Å². The summed E-state index contributed by atoms with van der Waals surface area (Å²) in [7, 11) is 0. The molecular weight excluding hydrogens is 258 g/mol. The van der Waals surface area contributed by atoms with E-state index in [0.29, 0.717) is 0 Å². The lowest BCUT2D eigenvalue weighted by Crippen LogP contribution is -2.81. The number of hydrogen-bond acceptors (Lipinski definition) is 6. The Bertz CT molecular complexity index is 521. The highest BCUT2D eigenvalue weighted by Gasteiger charge is 2.70. The highest BCUT2D eigenvalue weighted by atomic mass is 16.5. The molecule has 7 heteroatoms. The van der Waals surface area contributed by atoms with E-state index in [1.54, 1.807) is 0 Å². The summed E-state index contributed by atoms with van der Waals surface area (Å²) in [6.07, 6.45) is 4.82. The Morgan fingerprint density at radius 3 is 3.00 bits per heavy atom. The van der Waals surface area contributed by atoms with Crippen LogP contribution in [-0.2, 0) is 9.53 Å². The molecule has 7 nitrogen and oxygen atoms in total. The second kappa shape index (κ2) is 4.46. The smallest absolute Gasteiger partial charge is 0.249 e. The van der Waals surface area contributed by atoms with Crippen molar-refractivity contribution in [1.29, 1.82) is 0 Å². The highest BCUT2D eigenvalue weighted by Crippen LogP contribution is 2.57. The Balaban J connectivity index is 1.82. The molecule has 3 unspecified atom stereocenters. The molecule has 1 aliphatic heterocycles. The average molecular weight is 277 g/mol. The first-order valence-corrected chi connectivity index (χ1v) is 6.83. The van der Waals surface area contributed by atoms with Gasteiger partial charge in [0.05, 0.1) is 18.5 Å². The molecule has 1 aromatic rings. The van der Waals surface area contributed by atoms with Gasteiger partial charge in [-0.25, -0.2) is 4.98 Å². The molecule has 1 saturated heterocycles. The minimum Gasteiger partial charge on any atom is -0.377 e. The monoisotopic (exact) mass is 277 g/mol. The number of nitrogens with one attached hydrogen (secondary N) is 1. The Labute approximate surface area is 117 Å². The number of carbonyl (C=O) groups excluding carboxylic acids is 1. The van der Waals surface area contributed by atoms with Crippen molar-refractivity contribution in [3.63, 3.8) is 0 Å². The van der Waals surface area contributed by atoms with Crippen LogP contribution in [0.2, 0.25) is 0 Å². The van der Waals surface area contributed by atoms with Crippen molar-refractivity contribution in [2.24, 2.45) is 17.1 Å². The van der Waals surface area contributed by atoms with Crippen LogP contribution >= 0.6 is 0 Å². The van der Waals surface area contributed by atoms with Gasteiger partial charge in [0.25, 0.3) is 0 Å². The minimum absolute atomic E-state index is 0.0433. The number of nitrogens with two attached hydrogens (primary N) is 1. The summed E-state index contributed by atoms with van der Waals surface area (Å²) in [5, 5.41) is 10.1. The molecule has 20 heavy (non-hydrogen) atoms. The zero-order valence-corrected chi connectivity index (χ0v) is 11.7. The van der Waals surface area contributed by atoms with Crippen LogP contribution in [0.4, 0.5) is 5.95 Å². The fourth-order valence-corrected chi connectivity index (χ4v) is 3.55. The van der Waals surface area contributed by atoms with Gasteiger partial charge in [-0.3, -0.25) is 10.1 Å². The highest BCUT2D eigenvalue weighted by molar-refractivity contribution is 5.99. The molecule has 3 rings (SSSR count). The summed E-state index contributed by atoms with van der Waals surface area (Å²) >= 11 is 0. The molecule has 1 aromatic heterocycles. The summed E-state index contributed by atoms with van der Waals surface area (Å²) in [5.74, 6) is -0.0384. The predicted molar refractivity (Wildman–Crippen MR) is 71.6 cm³/mol. The van der Waals surface area contributed by atoms with Gasteiger partial charge in [-0.2, -0.15) is 5.10 Å². The molecule has 0 bridgehead atoms. The van der Waals surface area contributed by atoms with Crippen LogP contribution in [0.1, 0.15) is 26.7 Å². The van der Waals surface area contributed by atoms with Gasteiger partial charge < -0.3 is 10.5 Å². The van der Waals surface area contributed by atoms with E-state index in [1.165, 1.54) is 12.4 Å². The maximum absolute atomic E-state index is 12.6. The zero-order valence-electron chi connectivity index (χ0n) is 11.7. The third kappa shape index (κ3) is 1.66. The van der Waals surface area contributed by atoms with Crippen LogP contribution in [-0.4, -0.2) is 39.3 Å². The summed E-state index contributed by atoms with van der Waals surface area (Å²) in [6, 6.07) is 0. The Morgan fingerprint density at radius 1 is 1.50 bits per heavy atom. The molecule has 0 radical (unpaired) electrons. The van der Waals surface area contributed by atoms with Crippen LogP contribution in [0.3, 0.4) is 0 Å². The number of hydrogen-bond donors (Lipinski definition) is 2. The molecule has 3 atom stereocenters. The van der Waals surface area contributed by atoms with Crippen molar-refractivity contribution >= 4 is 11.9 Å². The van der Waals surface area contributed by atoms with Crippen molar-refractivity contribution in [2.75, 3.05) is 11.9 Å². The van der Waals surface area contributed by atoms with E-state index in [1.807, 2.05) is 13.8 Å². The van der Waals surface area contributed by atoms with E-state index >= 15 is 0 Å². The fraction of sp³-hybridized carbons (Fsp3) is 0.692. The number of anilines is 1. The van der Waals surface area contributed by atoms with Gasteiger partial charge in [-0.1, -0.05) is 13.8 Å². The van der Waals surface area contributed by atoms with Gasteiger partial charge in [-0.15, -0.1) is 5.10 Å². The zero-order chi connectivity index (χ0) is 14.4. The van der Waals surface area contributed by atoms with Crippen molar-refractivity contribution < 1.29 is 9.53 Å². The van der Waals surface area contributed by atoms with E-state index < -0.39 is 11.0 Å². The normalized spacial score (nSPS) is 34.8. The van der Waals surface area contributed by atoms with E-state index in [2.05, 4.69) is 20.5 Å². The fourth-order valence-electron chi connectivity index (χ4n) is 3.55. The Hall–Kier alpha value is -1.60. The van der Waals surface area contributed by atoms with Gasteiger partial charge in [0.15, 0.2) is 0 Å². The molecular formula is C13H19N5O2. The molecule has 0 spiro atoms. The van der Waals surface area contributed by atoms with Crippen LogP contribution in [0.25, 0.3) is 0 Å². The van der Waals surface area contributed by atoms with Crippen LogP contribution in [0.15, 0.2) is 12.4 Å². The van der Waals surface area contributed by atoms with E-state index in [9.17, 15) is 4.79 Å². The van der Waals surface area contributed by atoms with Crippen LogP contribution in [0.5, 0.6) is 0 Å². The molecule has 1 aliphatic carbocycles. The maximum atomic E-state index is 12.6. The first-order valence-electron chi connectivity index (χ1n) is 6.83. The second-order valence-electron chi connectivity index (χ2n) is 6.05. The molecule has 2 aliphatic rings. The Kier molecular flexibility index (Phi) is 2.98. The molecule has 0 aromatic carbocycles. The minimum atomic E-state index is -0.961. The van der Waals surface area contributed by atoms with Crippen molar-refractivity contribution in [3.8, 4) is 0 Å². The number of fused-ring (bicyclic) bond motifs is 1. The largest absolute Gasteiger partial charge is 0.377 e. The van der Waals surface area contributed by atoms with Crippen LogP contribution < -0.4 is 11.1 Å². The second-order valence-corrected chi connectivity index (χ2v) is 6.05. The quantitative estimate of drug-likeness (QED) is 0.808. The number of aromatic nitrogens is 3. The van der Waals surface area contributed by atoms with Gasteiger partial charge >= 0.3 is 0 Å². The van der Waals surface area contributed by atoms with Crippen molar-refractivity contribution in [2.45, 2.75) is 38.3 Å². The summed E-state index contributed by atoms with van der Waals surface area (Å²) in [4.78, 5) is 16.5. The third-order valence-electron chi connectivity index (χ3n) is 4.77. The standard InChI is InChI=1S/C13H19N5O2/c1-12(2)9-8(4-3-7-20-9)13(12,14)10(19)17-11-15-5-6-16-18-11/h5-6,8-9H,3-4,7,14H2,1-2H3,(H,15,17,18,19). The van der Waals surface area contributed by atoms with E-state index in [4.69, 9.17) is 10.5 Å². The van der Waals surface area contributed by atoms with Gasteiger partial charge in [0.1, 0.15) is 5.54 Å². The maximum Gasteiger partial charge on any atom is 0.249 e. The molecule has 3 N–H and O–H groups in total. The topological polar surface area (TPSA) is 103 Å². The van der Waals surface area contributed by atoms with E-state index in [-0.39, 0.29) is 23.9 Å². The summed E-state index contributed by atoms with van der Waals surface area (Å²) < 4.78 is 5.78. The molecule has 1 amide bonds. The number of nitrogens with zero attached hydrogens (tertiary/aromatic N) is 3. The number of carbonyl (C=O) groups is 1. The predicted octanol–water partition coefficient (Wildman–Crippen LogP) is 0.343. The van der Waals surface area contributed by atoms with E-state index in [0.717, 1.165) is 19.4 Å². The number of ether oxygens (including phenoxy) is 1. The molecule has 2 fully saturated rings. The van der Waals surface area contributed by atoms with Gasteiger partial charge in [0, 0.05) is 17.9 Å². The SMILES string of the molecule is CC1(C)C2OCCCC2C1(N)C(=O)Nc1nccnn1. The third-order valence-corrected chi connectivity index (χ3v) is 4.77. The first-order chi connectivity index (χ1) is 9.48. The first kappa shape index (κ1) is 13.4. The lowest BCUT2D eigenvalue weighted by molar-refractivity contribution is -0.222. The number of amides is 1. The van der Waals surface area contributed by atoms with Crippen molar-refractivity contribution in [1.82, 2.24) is 15.2 Å². The molecule has 1 saturated carbocycles.